The number of nitrogens with one attached hydrogen (secondary N) is 1. The topological polar surface area (TPSA) is 61.9 Å². The van der Waals surface area contributed by atoms with E-state index in [-0.39, 0.29) is 17.9 Å². The number of rotatable bonds is 4. The molecule has 0 aromatic heterocycles. The molecule has 0 unspecified atom stereocenters. The van der Waals surface area contributed by atoms with Gasteiger partial charge in [0.25, 0.3) is 5.91 Å². The second kappa shape index (κ2) is 9.19. The molecule has 6 nitrogen and oxygen atoms in total. The number of carbonyl (C=O) groups is 2. The lowest BCUT2D eigenvalue weighted by atomic mass is 9.99. The molecule has 2 heterocycles. The van der Waals surface area contributed by atoms with Gasteiger partial charge in [0.05, 0.1) is 5.69 Å². The number of hydrogen-bond donors (Lipinski definition) is 1. The highest BCUT2D eigenvalue weighted by Crippen LogP contribution is 2.32. The van der Waals surface area contributed by atoms with Crippen molar-refractivity contribution in [1.82, 2.24) is 10.2 Å². The number of ether oxygens (including phenoxy) is 1. The van der Waals surface area contributed by atoms with Crippen LogP contribution >= 0.6 is 0 Å². The van der Waals surface area contributed by atoms with Gasteiger partial charge in [-0.25, -0.2) is 4.79 Å². The highest BCUT2D eigenvalue weighted by atomic mass is 16.6. The molecule has 2 amide bonds. The van der Waals surface area contributed by atoms with Crippen LogP contribution in [-0.4, -0.2) is 48.7 Å². The van der Waals surface area contributed by atoms with Crippen LogP contribution in [0.2, 0.25) is 0 Å². The lowest BCUT2D eigenvalue weighted by molar-refractivity contribution is -0.000534. The van der Waals surface area contributed by atoms with E-state index in [0.717, 1.165) is 24.1 Å². The van der Waals surface area contributed by atoms with Crippen LogP contribution in [0.15, 0.2) is 42.5 Å². The summed E-state index contributed by atoms with van der Waals surface area (Å²) in [5, 5.41) is 2.98. The molecule has 1 saturated heterocycles. The molecule has 2 aliphatic rings. The van der Waals surface area contributed by atoms with E-state index in [1.807, 2.05) is 52.0 Å². The number of fused-ring (bicyclic) bond motifs is 1. The minimum absolute atomic E-state index is 0.0972. The number of hydrogen-bond acceptors (Lipinski definition) is 4. The molecule has 2 aliphatic heterocycles. The second-order valence-electron chi connectivity index (χ2n) is 9.65. The first-order chi connectivity index (χ1) is 15.7. The van der Waals surface area contributed by atoms with Gasteiger partial charge < -0.3 is 19.9 Å². The van der Waals surface area contributed by atoms with Gasteiger partial charge in [-0.15, -0.1) is 0 Å². The molecule has 2 aromatic carbocycles. The predicted octanol–water partition coefficient (Wildman–Crippen LogP) is 4.29. The summed E-state index contributed by atoms with van der Waals surface area (Å²) in [7, 11) is 0. The first kappa shape index (κ1) is 22.7. The summed E-state index contributed by atoms with van der Waals surface area (Å²) < 4.78 is 5.36. The highest BCUT2D eigenvalue weighted by molar-refractivity contribution is 5.94. The maximum Gasteiger partial charge on any atom is 0.410 e. The molecular weight excluding hydrogens is 414 g/mol. The summed E-state index contributed by atoms with van der Waals surface area (Å²) in [5.74, 6) is 3.12. The van der Waals surface area contributed by atoms with Crippen LogP contribution in [0.1, 0.15) is 43.6 Å². The smallest absolute Gasteiger partial charge is 0.410 e. The number of benzene rings is 2. The van der Waals surface area contributed by atoms with Gasteiger partial charge in [0, 0.05) is 43.7 Å². The lowest BCUT2D eigenvalue weighted by Crippen LogP contribution is -2.54. The summed E-state index contributed by atoms with van der Waals surface area (Å²) in [4.78, 5) is 28.3. The van der Waals surface area contributed by atoms with Crippen molar-refractivity contribution in [3.8, 4) is 23.1 Å². The fraction of sp³-hybridized carbons (Fsp3) is 0.407. The Balaban J connectivity index is 1.29. The fourth-order valence-corrected chi connectivity index (χ4v) is 4.16. The molecule has 0 aliphatic carbocycles. The summed E-state index contributed by atoms with van der Waals surface area (Å²) >= 11 is 0. The Bertz CT molecular complexity index is 1100. The van der Waals surface area contributed by atoms with Gasteiger partial charge >= 0.3 is 6.09 Å². The van der Waals surface area contributed by atoms with E-state index in [9.17, 15) is 9.59 Å². The average Bonchev–Trinajstić information content (AvgIpc) is 3.13. The normalized spacial score (nSPS) is 15.3. The molecular formula is C27H31N3O3. The first-order valence-corrected chi connectivity index (χ1v) is 11.4. The molecule has 0 atom stereocenters. The second-order valence-corrected chi connectivity index (χ2v) is 9.65. The molecule has 33 heavy (non-hydrogen) atoms. The van der Waals surface area contributed by atoms with E-state index < -0.39 is 5.60 Å². The Morgan fingerprint density at radius 1 is 1.09 bits per heavy atom. The molecule has 1 fully saturated rings. The zero-order chi connectivity index (χ0) is 23.6. The third-order valence-corrected chi connectivity index (χ3v) is 5.86. The van der Waals surface area contributed by atoms with Gasteiger partial charge in [-0.2, -0.15) is 0 Å². The number of anilines is 1. The fourth-order valence-electron chi connectivity index (χ4n) is 4.16. The van der Waals surface area contributed by atoms with Crippen LogP contribution in [0, 0.1) is 17.9 Å². The Morgan fingerprint density at radius 3 is 2.45 bits per heavy atom. The first-order valence-electron chi connectivity index (χ1n) is 11.4. The Labute approximate surface area is 195 Å². The van der Waals surface area contributed by atoms with Gasteiger partial charge in [-0.3, -0.25) is 4.79 Å². The van der Waals surface area contributed by atoms with Crippen molar-refractivity contribution in [2.75, 3.05) is 31.1 Å². The van der Waals surface area contributed by atoms with Crippen molar-refractivity contribution in [2.24, 2.45) is 5.92 Å². The predicted molar refractivity (Wildman–Crippen MR) is 130 cm³/mol. The molecule has 172 valence electrons. The number of likely N-dealkylation sites (tertiary alicyclic amines) is 1. The van der Waals surface area contributed by atoms with Crippen LogP contribution in [0.25, 0.3) is 11.1 Å². The quantitative estimate of drug-likeness (QED) is 0.713. The van der Waals surface area contributed by atoms with E-state index in [1.165, 1.54) is 11.3 Å². The lowest BCUT2D eigenvalue weighted by Gasteiger charge is -2.39. The summed E-state index contributed by atoms with van der Waals surface area (Å²) in [6.07, 6.45) is 0.698. The van der Waals surface area contributed by atoms with Gasteiger partial charge in [0.15, 0.2) is 0 Å². The monoisotopic (exact) mass is 445 g/mol. The SMILES string of the molecule is CC#CN1CCc2cc(-c3ccc(C(=O)NCC4CN(C(=O)OC(C)(C)C)C4)cc3)ccc21. The van der Waals surface area contributed by atoms with E-state index in [4.69, 9.17) is 4.74 Å². The molecule has 0 saturated carbocycles. The standard InChI is InChI=1S/C27H31N3O3/c1-5-13-29-14-12-23-15-22(10-11-24(23)29)20-6-8-21(9-7-20)25(31)28-16-19-17-30(18-19)26(32)33-27(2,3)4/h6-11,15,19H,12,14,16-18H2,1-4H3,(H,28,31). The van der Waals surface area contributed by atoms with Crippen LogP contribution in [-0.2, 0) is 11.2 Å². The van der Waals surface area contributed by atoms with Crippen molar-refractivity contribution < 1.29 is 14.3 Å². The Morgan fingerprint density at radius 2 is 1.79 bits per heavy atom. The van der Waals surface area contributed by atoms with Crippen LogP contribution in [0.4, 0.5) is 10.5 Å². The van der Waals surface area contributed by atoms with Crippen molar-refractivity contribution in [3.63, 3.8) is 0 Å². The summed E-state index contributed by atoms with van der Waals surface area (Å²) in [6, 6.07) is 17.3. The van der Waals surface area contributed by atoms with Gasteiger partial charge in [-0.05, 0) is 75.1 Å². The summed E-state index contributed by atoms with van der Waals surface area (Å²) in [6.45, 7) is 10.1. The minimum Gasteiger partial charge on any atom is -0.444 e. The average molecular weight is 446 g/mol. The van der Waals surface area contributed by atoms with E-state index in [0.29, 0.717) is 25.2 Å². The zero-order valence-electron chi connectivity index (χ0n) is 19.8. The Kier molecular flexibility index (Phi) is 6.33. The van der Waals surface area contributed by atoms with Gasteiger partial charge in [0.1, 0.15) is 5.60 Å². The molecule has 6 heteroatoms. The largest absolute Gasteiger partial charge is 0.444 e. The van der Waals surface area contributed by atoms with E-state index >= 15 is 0 Å². The van der Waals surface area contributed by atoms with Crippen molar-refractivity contribution in [1.29, 1.82) is 0 Å². The van der Waals surface area contributed by atoms with Gasteiger partial charge in [-0.1, -0.05) is 24.1 Å². The maximum absolute atomic E-state index is 12.6. The third kappa shape index (κ3) is 5.31. The van der Waals surface area contributed by atoms with Crippen molar-refractivity contribution in [2.45, 2.75) is 39.7 Å². The molecule has 0 spiro atoms. The molecule has 1 N–H and O–H groups in total. The molecule has 0 bridgehead atoms. The van der Waals surface area contributed by atoms with Crippen LogP contribution < -0.4 is 10.2 Å². The zero-order valence-corrected chi connectivity index (χ0v) is 19.8. The van der Waals surface area contributed by atoms with Crippen molar-refractivity contribution in [3.05, 3.63) is 53.6 Å². The molecule has 2 aromatic rings. The van der Waals surface area contributed by atoms with Crippen molar-refractivity contribution >= 4 is 17.7 Å². The van der Waals surface area contributed by atoms with Crippen LogP contribution in [0.3, 0.4) is 0 Å². The number of nitrogens with zero attached hydrogens (tertiary/aromatic N) is 2. The Hall–Kier alpha value is -3.46. The summed E-state index contributed by atoms with van der Waals surface area (Å²) in [5.41, 5.74) is 4.85. The number of amides is 2. The van der Waals surface area contributed by atoms with Crippen LogP contribution in [0.5, 0.6) is 0 Å². The minimum atomic E-state index is -0.494. The molecule has 4 rings (SSSR count). The van der Waals surface area contributed by atoms with E-state index in [2.05, 4.69) is 40.4 Å². The third-order valence-electron chi connectivity index (χ3n) is 5.86. The highest BCUT2D eigenvalue weighted by Gasteiger charge is 2.33. The molecule has 0 radical (unpaired) electrons. The van der Waals surface area contributed by atoms with Gasteiger partial charge in [0.2, 0.25) is 0 Å². The number of carbonyl (C=O) groups excluding carboxylic acids is 2. The van der Waals surface area contributed by atoms with E-state index in [1.54, 1.807) is 4.90 Å². The maximum atomic E-state index is 12.6.